The fourth-order valence-electron chi connectivity index (χ4n) is 10.5. The Balaban J connectivity index is 0.956. The van der Waals surface area contributed by atoms with Crippen molar-refractivity contribution in [2.75, 3.05) is 51.3 Å². The summed E-state index contributed by atoms with van der Waals surface area (Å²) >= 11 is 6.33. The Morgan fingerprint density at radius 2 is 1.75 bits per heavy atom. The van der Waals surface area contributed by atoms with Gasteiger partial charge in [0.15, 0.2) is 0 Å². The molecule has 1 aliphatic heterocycles. The van der Waals surface area contributed by atoms with Crippen LogP contribution in [0.1, 0.15) is 92.7 Å². The second-order valence-electron chi connectivity index (χ2n) is 17.5. The van der Waals surface area contributed by atoms with Gasteiger partial charge in [-0.15, -0.1) is 0 Å². The summed E-state index contributed by atoms with van der Waals surface area (Å²) in [6.07, 6.45) is 9.89. The van der Waals surface area contributed by atoms with Crippen molar-refractivity contribution in [3.8, 4) is 11.5 Å². The van der Waals surface area contributed by atoms with E-state index in [1.54, 1.807) is 0 Å². The Labute approximate surface area is 343 Å². The number of anilines is 1. The molecule has 0 unspecified atom stereocenters. The Kier molecular flexibility index (Phi) is 12.1. The van der Waals surface area contributed by atoms with Crippen LogP contribution in [-0.4, -0.2) is 77.3 Å². The number of carboxylic acids is 1. The maximum absolute atomic E-state index is 13.1. The Morgan fingerprint density at radius 1 is 0.965 bits per heavy atom. The topological polar surface area (TPSA) is 87.2 Å². The van der Waals surface area contributed by atoms with Crippen molar-refractivity contribution in [1.29, 1.82) is 0 Å². The highest BCUT2D eigenvalue weighted by atomic mass is 35.5. The number of benzene rings is 3. The highest BCUT2D eigenvalue weighted by Crippen LogP contribution is 2.57. The molecule has 3 atom stereocenters. The first-order valence-electron chi connectivity index (χ1n) is 21.3. The standard InChI is InChI=1S/C48H59ClN4O4/c1-34(33-57-44-16-21-50-43-13-6-8-35(2)45(43)44)28-38-29-37-14-15-41(56-27-26-52-22-24-53(25-23-52)32-36-9-4-3-5-10-36)31-42(37)47(38)17-19-48(20-18-47,46(54)55)51-40-12-7-11-39(49)30-40/h3-5,7,9-12,14-16,21,30-31,34-35,38,51H,6,8,13,17-20,22-29,32-33H2,1-2H3,(H,54,55)/t34-,35-,38+,47?,48?/m1/s1. The molecule has 1 saturated heterocycles. The van der Waals surface area contributed by atoms with E-state index in [0.717, 1.165) is 88.6 Å². The smallest absolute Gasteiger partial charge is 0.329 e. The van der Waals surface area contributed by atoms with E-state index in [1.165, 1.54) is 40.8 Å². The second-order valence-corrected chi connectivity index (χ2v) is 17.9. The molecule has 8 rings (SSSR count). The van der Waals surface area contributed by atoms with Gasteiger partial charge in [-0.2, -0.15) is 0 Å². The minimum absolute atomic E-state index is 0.142. The number of halogens is 1. The van der Waals surface area contributed by atoms with E-state index >= 15 is 0 Å². The largest absolute Gasteiger partial charge is 0.493 e. The average molecular weight is 791 g/mol. The zero-order chi connectivity index (χ0) is 39.4. The number of carboxylic acid groups (broad SMARTS) is 1. The number of hydrogen-bond donors (Lipinski definition) is 2. The van der Waals surface area contributed by atoms with Crippen molar-refractivity contribution in [3.63, 3.8) is 0 Å². The van der Waals surface area contributed by atoms with E-state index in [9.17, 15) is 9.90 Å². The molecule has 3 aromatic carbocycles. The number of fused-ring (bicyclic) bond motifs is 3. The maximum atomic E-state index is 13.1. The SMILES string of the molecule is C[C@@H](COc1ccnc2c1[C@H](C)CCC2)C[C@H]1Cc2ccc(OCCN3CCN(Cc4ccccc4)CC3)cc2C12CCC(Nc1cccc(Cl)c1)(C(=O)O)CC2. The fourth-order valence-corrected chi connectivity index (χ4v) is 10.7. The summed E-state index contributed by atoms with van der Waals surface area (Å²) in [5, 5.41) is 14.7. The lowest BCUT2D eigenvalue weighted by molar-refractivity contribution is -0.144. The number of rotatable bonds is 14. The second kappa shape index (κ2) is 17.4. The predicted octanol–water partition coefficient (Wildman–Crippen LogP) is 9.40. The molecular weight excluding hydrogens is 732 g/mol. The fraction of sp³-hybridized carbons (Fsp3) is 0.500. The monoisotopic (exact) mass is 790 g/mol. The molecule has 1 aromatic heterocycles. The summed E-state index contributed by atoms with van der Waals surface area (Å²) in [6.45, 7) is 12.0. The number of pyridine rings is 1. The van der Waals surface area contributed by atoms with E-state index < -0.39 is 11.5 Å². The highest BCUT2D eigenvalue weighted by Gasteiger charge is 2.54. The lowest BCUT2D eigenvalue weighted by Gasteiger charge is -2.47. The summed E-state index contributed by atoms with van der Waals surface area (Å²) in [5.41, 5.74) is 6.13. The van der Waals surface area contributed by atoms with Gasteiger partial charge in [0.1, 0.15) is 23.6 Å². The van der Waals surface area contributed by atoms with Gasteiger partial charge in [-0.05, 0) is 134 Å². The lowest BCUT2D eigenvalue weighted by Crippen LogP contribution is -2.53. The van der Waals surface area contributed by atoms with Crippen LogP contribution in [0, 0.1) is 11.8 Å². The Hall–Kier alpha value is -4.11. The van der Waals surface area contributed by atoms with E-state index in [4.69, 9.17) is 26.1 Å². The van der Waals surface area contributed by atoms with Crippen molar-refractivity contribution < 1.29 is 19.4 Å². The van der Waals surface area contributed by atoms with E-state index in [2.05, 4.69) is 77.5 Å². The van der Waals surface area contributed by atoms with Gasteiger partial charge in [-0.1, -0.05) is 67.9 Å². The number of carbonyl (C=O) groups is 1. The van der Waals surface area contributed by atoms with Crippen LogP contribution in [-0.2, 0) is 29.6 Å². The van der Waals surface area contributed by atoms with Crippen molar-refractivity contribution in [2.24, 2.45) is 11.8 Å². The highest BCUT2D eigenvalue weighted by molar-refractivity contribution is 6.30. The van der Waals surface area contributed by atoms with Gasteiger partial charge in [-0.25, -0.2) is 4.79 Å². The van der Waals surface area contributed by atoms with Gasteiger partial charge in [0.25, 0.3) is 0 Å². The molecule has 0 amide bonds. The molecule has 9 heteroatoms. The van der Waals surface area contributed by atoms with E-state index in [0.29, 0.717) is 48.8 Å². The molecule has 57 heavy (non-hydrogen) atoms. The number of aryl methyl sites for hydroxylation is 1. The molecule has 2 N–H and O–H groups in total. The molecule has 0 radical (unpaired) electrons. The molecule has 2 fully saturated rings. The Morgan fingerprint density at radius 3 is 2.53 bits per heavy atom. The van der Waals surface area contributed by atoms with Crippen LogP contribution in [0.2, 0.25) is 5.02 Å². The molecule has 4 aliphatic rings. The molecular formula is C48H59ClN4O4. The first-order valence-corrected chi connectivity index (χ1v) is 21.7. The van der Waals surface area contributed by atoms with Gasteiger partial charge < -0.3 is 19.9 Å². The first-order chi connectivity index (χ1) is 27.7. The van der Waals surface area contributed by atoms with Crippen LogP contribution in [0.25, 0.3) is 0 Å². The molecule has 3 aliphatic carbocycles. The van der Waals surface area contributed by atoms with Crippen molar-refractivity contribution in [2.45, 2.75) is 95.1 Å². The summed E-state index contributed by atoms with van der Waals surface area (Å²) in [6, 6.07) is 26.9. The third-order valence-electron chi connectivity index (χ3n) is 13.7. The van der Waals surface area contributed by atoms with Crippen molar-refractivity contribution >= 4 is 23.3 Å². The van der Waals surface area contributed by atoms with Gasteiger partial charge in [0, 0.05) is 67.4 Å². The summed E-state index contributed by atoms with van der Waals surface area (Å²) < 4.78 is 13.1. The number of piperazine rings is 1. The Bertz CT molecular complexity index is 1990. The number of nitrogens with one attached hydrogen (secondary N) is 1. The molecule has 4 aromatic rings. The van der Waals surface area contributed by atoms with Crippen LogP contribution in [0.3, 0.4) is 0 Å². The molecule has 1 spiro atoms. The van der Waals surface area contributed by atoms with Crippen LogP contribution in [0.5, 0.6) is 11.5 Å². The average Bonchev–Trinajstić information content (AvgIpc) is 3.50. The molecule has 0 bridgehead atoms. The molecule has 2 heterocycles. The minimum Gasteiger partial charge on any atom is -0.493 e. The third-order valence-corrected chi connectivity index (χ3v) is 13.9. The van der Waals surface area contributed by atoms with Gasteiger partial charge in [0.2, 0.25) is 0 Å². The van der Waals surface area contributed by atoms with Crippen LogP contribution < -0.4 is 14.8 Å². The third kappa shape index (κ3) is 8.84. The quantitative estimate of drug-likeness (QED) is 0.131. The van der Waals surface area contributed by atoms with Gasteiger partial charge in [-0.3, -0.25) is 14.8 Å². The van der Waals surface area contributed by atoms with Crippen molar-refractivity contribution in [3.05, 3.63) is 118 Å². The molecule has 302 valence electrons. The zero-order valence-corrected chi connectivity index (χ0v) is 34.5. The van der Waals surface area contributed by atoms with Crippen molar-refractivity contribution in [1.82, 2.24) is 14.8 Å². The van der Waals surface area contributed by atoms with Gasteiger partial charge >= 0.3 is 5.97 Å². The summed E-state index contributed by atoms with van der Waals surface area (Å²) in [7, 11) is 0. The molecule has 8 nitrogen and oxygen atoms in total. The lowest BCUT2D eigenvalue weighted by atomic mass is 9.59. The minimum atomic E-state index is -1.06. The zero-order valence-electron chi connectivity index (χ0n) is 33.7. The van der Waals surface area contributed by atoms with Crippen LogP contribution in [0.4, 0.5) is 5.69 Å². The number of nitrogens with zero attached hydrogens (tertiary/aromatic N) is 3. The van der Waals surface area contributed by atoms with E-state index in [-0.39, 0.29) is 5.41 Å². The normalized spacial score (nSPS) is 25.4. The number of aromatic nitrogens is 1. The maximum Gasteiger partial charge on any atom is 0.329 e. The number of hydrogen-bond acceptors (Lipinski definition) is 7. The van der Waals surface area contributed by atoms with Crippen LogP contribution >= 0.6 is 11.6 Å². The number of aliphatic carboxylic acids is 1. The first kappa shape index (κ1) is 39.7. The summed E-state index contributed by atoms with van der Waals surface area (Å²) in [5.74, 6) is 2.26. The molecule has 1 saturated carbocycles. The number of ether oxygens (including phenoxy) is 2. The van der Waals surface area contributed by atoms with Crippen LogP contribution in [0.15, 0.2) is 85.1 Å². The summed E-state index contributed by atoms with van der Waals surface area (Å²) in [4.78, 5) is 22.8. The van der Waals surface area contributed by atoms with Gasteiger partial charge in [0.05, 0.1) is 6.61 Å². The van der Waals surface area contributed by atoms with E-state index in [1.807, 2.05) is 36.5 Å². The predicted molar refractivity (Wildman–Crippen MR) is 228 cm³/mol.